The van der Waals surface area contributed by atoms with Gasteiger partial charge in [-0.3, -0.25) is 0 Å². The molecule has 1 heteroatoms. The minimum absolute atomic E-state index is 1.04. The molecule has 0 saturated heterocycles. The average Bonchev–Trinajstić information content (AvgIpc) is 1.96. The van der Waals surface area contributed by atoms with E-state index < -0.39 is 0 Å². The van der Waals surface area contributed by atoms with Crippen LogP contribution in [0.25, 0.3) is 0 Å². The third kappa shape index (κ3) is 2.35. The van der Waals surface area contributed by atoms with E-state index >= 15 is 0 Å². The molecule has 1 aromatic carbocycles. The highest BCUT2D eigenvalue weighted by Crippen LogP contribution is 2.11. The van der Waals surface area contributed by atoms with Crippen molar-refractivity contribution in [2.45, 2.75) is 20.4 Å². The smallest absolute Gasteiger partial charge is 0.0230 e. The van der Waals surface area contributed by atoms with Gasteiger partial charge in [0.15, 0.2) is 0 Å². The maximum atomic E-state index is 2.26. The van der Waals surface area contributed by atoms with Crippen molar-refractivity contribution in [2.75, 3.05) is 14.1 Å². The largest absolute Gasteiger partial charge is 0.305 e. The van der Waals surface area contributed by atoms with Gasteiger partial charge in [0.2, 0.25) is 0 Å². The number of rotatable bonds is 2. The third-order valence-corrected chi connectivity index (χ3v) is 1.99. The van der Waals surface area contributed by atoms with E-state index in [-0.39, 0.29) is 0 Å². The number of nitrogens with zero attached hydrogens (tertiary/aromatic N) is 1. The van der Waals surface area contributed by atoms with E-state index in [1.165, 1.54) is 16.7 Å². The van der Waals surface area contributed by atoms with E-state index in [4.69, 9.17) is 0 Å². The first-order valence-corrected chi connectivity index (χ1v) is 4.30. The second-order valence-electron chi connectivity index (χ2n) is 3.67. The first-order valence-electron chi connectivity index (χ1n) is 4.30. The lowest BCUT2D eigenvalue weighted by molar-refractivity contribution is 0.401. The Hall–Kier alpha value is -0.820. The maximum absolute atomic E-state index is 2.26. The lowest BCUT2D eigenvalue weighted by Crippen LogP contribution is -2.11. The van der Waals surface area contributed by atoms with E-state index in [9.17, 15) is 0 Å². The zero-order chi connectivity index (χ0) is 9.14. The van der Waals surface area contributed by atoms with Crippen LogP contribution in [0.3, 0.4) is 0 Å². The van der Waals surface area contributed by atoms with Crippen molar-refractivity contribution in [3.63, 3.8) is 0 Å². The molecule has 0 aliphatic carbocycles. The molecule has 0 amide bonds. The quantitative estimate of drug-likeness (QED) is 0.647. The number of aryl methyl sites for hydroxylation is 2. The topological polar surface area (TPSA) is 3.24 Å². The molecular formula is C11H17N. The Morgan fingerprint density at radius 2 is 1.83 bits per heavy atom. The Bertz CT molecular complexity index is 264. The van der Waals surface area contributed by atoms with Crippen molar-refractivity contribution in [3.8, 4) is 0 Å². The van der Waals surface area contributed by atoms with Crippen LogP contribution in [0.2, 0.25) is 0 Å². The molecule has 1 aromatic rings. The first kappa shape index (κ1) is 9.27. The van der Waals surface area contributed by atoms with Crippen molar-refractivity contribution in [2.24, 2.45) is 0 Å². The molecule has 0 saturated carbocycles. The Balaban J connectivity index is 2.90. The summed E-state index contributed by atoms with van der Waals surface area (Å²) in [5, 5.41) is 0. The fourth-order valence-corrected chi connectivity index (χ4v) is 1.31. The predicted octanol–water partition coefficient (Wildman–Crippen LogP) is 2.37. The Morgan fingerprint density at radius 3 is 2.42 bits per heavy atom. The van der Waals surface area contributed by atoms with Gasteiger partial charge in [0.1, 0.15) is 0 Å². The van der Waals surface area contributed by atoms with Crippen LogP contribution in [0.5, 0.6) is 0 Å². The van der Waals surface area contributed by atoms with Crippen LogP contribution < -0.4 is 0 Å². The first-order chi connectivity index (χ1) is 5.59. The van der Waals surface area contributed by atoms with Gasteiger partial charge in [-0.15, -0.1) is 0 Å². The van der Waals surface area contributed by atoms with Gasteiger partial charge in [-0.1, -0.05) is 23.8 Å². The monoisotopic (exact) mass is 163 g/mol. The van der Waals surface area contributed by atoms with Crippen LogP contribution in [0, 0.1) is 13.8 Å². The number of benzene rings is 1. The minimum atomic E-state index is 1.04. The standard InChI is InChI=1S/C11H17N/c1-9-5-6-10(2)11(7-9)8-12(3)4/h5-7H,8H2,1-4H3. The highest BCUT2D eigenvalue weighted by molar-refractivity contribution is 5.30. The van der Waals surface area contributed by atoms with Gasteiger partial charge in [0.25, 0.3) is 0 Å². The maximum Gasteiger partial charge on any atom is 0.0230 e. The lowest BCUT2D eigenvalue weighted by atomic mass is 10.1. The molecule has 0 atom stereocenters. The summed E-state index contributed by atoms with van der Waals surface area (Å²) < 4.78 is 0. The van der Waals surface area contributed by atoms with E-state index in [1.54, 1.807) is 0 Å². The van der Waals surface area contributed by atoms with E-state index in [1.807, 2.05) is 0 Å². The van der Waals surface area contributed by atoms with Gasteiger partial charge in [0, 0.05) is 6.54 Å². The molecular weight excluding hydrogens is 146 g/mol. The van der Waals surface area contributed by atoms with E-state index in [0.29, 0.717) is 0 Å². The lowest BCUT2D eigenvalue weighted by Gasteiger charge is -2.12. The number of hydrogen-bond donors (Lipinski definition) is 0. The van der Waals surface area contributed by atoms with Crippen LogP contribution in [0.1, 0.15) is 16.7 Å². The predicted molar refractivity (Wildman–Crippen MR) is 53.3 cm³/mol. The molecule has 0 aliphatic heterocycles. The number of hydrogen-bond acceptors (Lipinski definition) is 1. The molecule has 66 valence electrons. The third-order valence-electron chi connectivity index (χ3n) is 1.99. The molecule has 0 bridgehead atoms. The molecule has 0 unspecified atom stereocenters. The Morgan fingerprint density at radius 1 is 1.17 bits per heavy atom. The van der Waals surface area contributed by atoms with Gasteiger partial charge in [-0.25, -0.2) is 0 Å². The molecule has 0 aliphatic rings. The van der Waals surface area contributed by atoms with Crippen molar-refractivity contribution in [1.82, 2.24) is 4.90 Å². The molecule has 0 N–H and O–H groups in total. The second-order valence-corrected chi connectivity index (χ2v) is 3.67. The zero-order valence-corrected chi connectivity index (χ0v) is 8.39. The molecule has 0 fully saturated rings. The highest BCUT2D eigenvalue weighted by Gasteiger charge is 1.99. The minimum Gasteiger partial charge on any atom is -0.305 e. The summed E-state index contributed by atoms with van der Waals surface area (Å²) in [6.45, 7) is 5.34. The Labute approximate surface area is 75.0 Å². The normalized spacial score (nSPS) is 10.8. The molecule has 12 heavy (non-hydrogen) atoms. The van der Waals surface area contributed by atoms with Crippen molar-refractivity contribution in [1.29, 1.82) is 0 Å². The fourth-order valence-electron chi connectivity index (χ4n) is 1.31. The van der Waals surface area contributed by atoms with Gasteiger partial charge >= 0.3 is 0 Å². The molecule has 0 aromatic heterocycles. The summed E-state index contributed by atoms with van der Waals surface area (Å²) >= 11 is 0. The fraction of sp³-hybridized carbons (Fsp3) is 0.455. The van der Waals surface area contributed by atoms with E-state index in [0.717, 1.165) is 6.54 Å². The molecule has 1 rings (SSSR count). The second kappa shape index (κ2) is 3.72. The summed E-state index contributed by atoms with van der Waals surface area (Å²) in [4.78, 5) is 2.20. The summed E-state index contributed by atoms with van der Waals surface area (Å²) in [7, 11) is 4.20. The van der Waals surface area contributed by atoms with Gasteiger partial charge in [-0.05, 0) is 39.1 Å². The van der Waals surface area contributed by atoms with Crippen molar-refractivity contribution in [3.05, 3.63) is 34.9 Å². The van der Waals surface area contributed by atoms with Crippen LogP contribution in [-0.4, -0.2) is 19.0 Å². The van der Waals surface area contributed by atoms with Gasteiger partial charge in [0.05, 0.1) is 0 Å². The van der Waals surface area contributed by atoms with Crippen molar-refractivity contribution >= 4 is 0 Å². The average molecular weight is 163 g/mol. The van der Waals surface area contributed by atoms with Gasteiger partial charge < -0.3 is 4.90 Å². The van der Waals surface area contributed by atoms with Crippen LogP contribution in [0.15, 0.2) is 18.2 Å². The zero-order valence-electron chi connectivity index (χ0n) is 8.39. The summed E-state index contributed by atoms with van der Waals surface area (Å²) in [6.07, 6.45) is 0. The van der Waals surface area contributed by atoms with Crippen LogP contribution >= 0.6 is 0 Å². The molecule has 0 spiro atoms. The van der Waals surface area contributed by atoms with Crippen LogP contribution in [-0.2, 0) is 6.54 Å². The van der Waals surface area contributed by atoms with Crippen LogP contribution in [0.4, 0.5) is 0 Å². The Kier molecular flexibility index (Phi) is 2.88. The molecule has 0 heterocycles. The summed E-state index contributed by atoms with van der Waals surface area (Å²) in [6, 6.07) is 6.61. The molecule has 1 nitrogen and oxygen atoms in total. The molecule has 0 radical (unpaired) electrons. The SMILES string of the molecule is Cc1ccc(C)c(CN(C)C)c1. The summed E-state index contributed by atoms with van der Waals surface area (Å²) in [5.41, 5.74) is 4.16. The highest BCUT2D eigenvalue weighted by atomic mass is 15.0. The van der Waals surface area contributed by atoms with Crippen molar-refractivity contribution < 1.29 is 0 Å². The van der Waals surface area contributed by atoms with Gasteiger partial charge in [-0.2, -0.15) is 0 Å². The van der Waals surface area contributed by atoms with E-state index in [2.05, 4.69) is 51.0 Å². The summed E-state index contributed by atoms with van der Waals surface area (Å²) in [5.74, 6) is 0.